The van der Waals surface area contributed by atoms with Crippen molar-refractivity contribution in [3.8, 4) is 17.2 Å². The minimum Gasteiger partial charge on any atom is -0.290 e. The minimum absolute atomic E-state index is 0.0939. The van der Waals surface area contributed by atoms with Crippen LogP contribution in [0.25, 0.3) is 21.3 Å². The van der Waals surface area contributed by atoms with Crippen LogP contribution in [0.2, 0.25) is 0 Å². The van der Waals surface area contributed by atoms with E-state index in [2.05, 4.69) is 41.2 Å². The molecule has 4 rings (SSSR count). The molecule has 0 unspecified atom stereocenters. The van der Waals surface area contributed by atoms with Gasteiger partial charge in [0.1, 0.15) is 15.9 Å². The second-order valence-electron chi connectivity index (χ2n) is 6.36. The lowest BCUT2D eigenvalue weighted by Crippen LogP contribution is -2.19. The topological polar surface area (TPSA) is 84.5 Å². The van der Waals surface area contributed by atoms with Crippen LogP contribution in [0.1, 0.15) is 16.8 Å². The fraction of sp³-hybridized carbons (Fsp3) is 0.150. The summed E-state index contributed by atoms with van der Waals surface area (Å²) in [6, 6.07) is 11.4. The predicted octanol–water partition coefficient (Wildman–Crippen LogP) is 4.09. The summed E-state index contributed by atoms with van der Waals surface area (Å²) in [7, 11) is 1.70. The molecule has 0 aliphatic heterocycles. The Morgan fingerprint density at radius 3 is 2.64 bits per heavy atom. The van der Waals surface area contributed by atoms with Crippen molar-refractivity contribution < 1.29 is 0 Å². The maximum Gasteiger partial charge on any atom is 0.263 e. The number of aromatic nitrogens is 4. The summed E-state index contributed by atoms with van der Waals surface area (Å²) in [6.45, 7) is 4.14. The lowest BCUT2D eigenvalue weighted by atomic mass is 10.0. The summed E-state index contributed by atoms with van der Waals surface area (Å²) in [5.74, 6) is 0. The van der Waals surface area contributed by atoms with Crippen LogP contribution in [0, 0.1) is 25.2 Å². The van der Waals surface area contributed by atoms with Gasteiger partial charge < -0.3 is 0 Å². The number of nitriles is 1. The molecule has 0 radical (unpaired) electrons. The third kappa shape index (κ3) is 3.19. The van der Waals surface area contributed by atoms with Gasteiger partial charge in [-0.25, -0.2) is 4.98 Å². The second kappa shape index (κ2) is 7.19. The van der Waals surface area contributed by atoms with Crippen LogP contribution in [-0.2, 0) is 7.05 Å². The monoisotopic (exact) mass is 405 g/mol. The molecule has 0 saturated carbocycles. The average molecular weight is 406 g/mol. The normalized spacial score (nSPS) is 10.9. The van der Waals surface area contributed by atoms with Gasteiger partial charge in [0.2, 0.25) is 0 Å². The molecular weight excluding hydrogens is 390 g/mol. The van der Waals surface area contributed by atoms with Gasteiger partial charge in [-0.2, -0.15) is 5.26 Å². The standard InChI is InChI=1S/C20H15N5OS2/c1-11-4-5-13(8-12(11)2)15-10-27-18-17(15)19(26)25(3)20(22-18)28-16-7-6-14(9-21)23-24-16/h4-8,10H,1-3H3. The van der Waals surface area contributed by atoms with Crippen molar-refractivity contribution in [1.29, 1.82) is 5.26 Å². The second-order valence-corrected chi connectivity index (χ2v) is 8.20. The first-order valence-corrected chi connectivity index (χ1v) is 10.1. The minimum atomic E-state index is -0.0939. The fourth-order valence-corrected chi connectivity index (χ4v) is 4.55. The Kier molecular flexibility index (Phi) is 4.71. The Hall–Kier alpha value is -3.02. The van der Waals surface area contributed by atoms with E-state index in [4.69, 9.17) is 5.26 Å². The summed E-state index contributed by atoms with van der Waals surface area (Å²) in [5.41, 5.74) is 4.49. The first-order valence-electron chi connectivity index (χ1n) is 8.45. The molecule has 6 nitrogen and oxygen atoms in total. The van der Waals surface area contributed by atoms with Gasteiger partial charge in [-0.15, -0.1) is 21.5 Å². The molecule has 0 atom stereocenters. The molecule has 3 heterocycles. The molecule has 0 spiro atoms. The van der Waals surface area contributed by atoms with Gasteiger partial charge in [0.15, 0.2) is 10.9 Å². The van der Waals surface area contributed by atoms with E-state index in [0.29, 0.717) is 20.4 Å². The number of fused-ring (bicyclic) bond motifs is 1. The van der Waals surface area contributed by atoms with Gasteiger partial charge in [-0.3, -0.25) is 9.36 Å². The number of benzene rings is 1. The Balaban J connectivity index is 1.80. The number of nitrogens with zero attached hydrogens (tertiary/aromatic N) is 5. The Morgan fingerprint density at radius 1 is 1.14 bits per heavy atom. The van der Waals surface area contributed by atoms with Crippen molar-refractivity contribution >= 4 is 33.3 Å². The van der Waals surface area contributed by atoms with Crippen molar-refractivity contribution in [2.75, 3.05) is 0 Å². The highest BCUT2D eigenvalue weighted by Gasteiger charge is 2.17. The van der Waals surface area contributed by atoms with E-state index in [0.717, 1.165) is 11.1 Å². The van der Waals surface area contributed by atoms with Crippen molar-refractivity contribution in [2.45, 2.75) is 24.0 Å². The molecule has 0 fully saturated rings. The number of aryl methyl sites for hydroxylation is 2. The average Bonchev–Trinajstić information content (AvgIpc) is 3.12. The molecule has 8 heteroatoms. The van der Waals surface area contributed by atoms with Crippen molar-refractivity contribution in [1.82, 2.24) is 19.7 Å². The quantitative estimate of drug-likeness (QED) is 0.477. The molecule has 1 aromatic carbocycles. The first-order chi connectivity index (χ1) is 13.5. The highest BCUT2D eigenvalue weighted by Crippen LogP contribution is 2.33. The van der Waals surface area contributed by atoms with Gasteiger partial charge >= 0.3 is 0 Å². The van der Waals surface area contributed by atoms with E-state index in [1.165, 1.54) is 38.8 Å². The molecule has 4 aromatic rings. The molecule has 0 aliphatic rings. The smallest absolute Gasteiger partial charge is 0.263 e. The predicted molar refractivity (Wildman–Crippen MR) is 111 cm³/mol. The summed E-state index contributed by atoms with van der Waals surface area (Å²) in [4.78, 5) is 18.5. The highest BCUT2D eigenvalue weighted by molar-refractivity contribution is 7.99. The van der Waals surface area contributed by atoms with E-state index in [9.17, 15) is 4.79 Å². The molecule has 0 N–H and O–H groups in total. The lowest BCUT2D eigenvalue weighted by molar-refractivity contribution is 0.726. The van der Waals surface area contributed by atoms with Crippen LogP contribution in [0.4, 0.5) is 0 Å². The molecule has 0 bridgehead atoms. The van der Waals surface area contributed by atoms with Crippen LogP contribution in [0.15, 0.2) is 50.7 Å². The van der Waals surface area contributed by atoms with Crippen LogP contribution in [0.5, 0.6) is 0 Å². The molecule has 138 valence electrons. The Bertz CT molecular complexity index is 1300. The van der Waals surface area contributed by atoms with Crippen molar-refractivity contribution in [2.24, 2.45) is 7.05 Å². The number of hydrogen-bond donors (Lipinski definition) is 0. The number of rotatable bonds is 3. The molecular formula is C20H15N5OS2. The van der Waals surface area contributed by atoms with Crippen LogP contribution < -0.4 is 5.56 Å². The summed E-state index contributed by atoms with van der Waals surface area (Å²) in [5, 5.41) is 20.4. The SMILES string of the molecule is Cc1ccc(-c2csc3nc(Sc4ccc(C#N)nn4)n(C)c(=O)c23)cc1C. The number of thiophene rings is 1. The van der Waals surface area contributed by atoms with E-state index in [1.807, 2.05) is 17.5 Å². The van der Waals surface area contributed by atoms with Gasteiger partial charge in [0.25, 0.3) is 5.56 Å². The zero-order valence-electron chi connectivity index (χ0n) is 15.4. The van der Waals surface area contributed by atoms with E-state index < -0.39 is 0 Å². The molecule has 28 heavy (non-hydrogen) atoms. The fourth-order valence-electron chi connectivity index (χ4n) is 2.79. The first kappa shape index (κ1) is 18.3. The molecule has 0 aliphatic carbocycles. The third-order valence-electron chi connectivity index (χ3n) is 4.54. The summed E-state index contributed by atoms with van der Waals surface area (Å²) >= 11 is 2.70. The lowest BCUT2D eigenvalue weighted by Gasteiger charge is -2.08. The third-order valence-corrected chi connectivity index (χ3v) is 6.39. The van der Waals surface area contributed by atoms with Gasteiger partial charge in [0.05, 0.1) is 5.39 Å². The van der Waals surface area contributed by atoms with Crippen LogP contribution in [0.3, 0.4) is 0 Å². The largest absolute Gasteiger partial charge is 0.290 e. The van der Waals surface area contributed by atoms with Crippen LogP contribution in [-0.4, -0.2) is 19.7 Å². The van der Waals surface area contributed by atoms with Crippen molar-refractivity contribution in [3.63, 3.8) is 0 Å². The summed E-state index contributed by atoms with van der Waals surface area (Å²) in [6.07, 6.45) is 0. The van der Waals surface area contributed by atoms with E-state index in [1.54, 1.807) is 19.2 Å². The van der Waals surface area contributed by atoms with Gasteiger partial charge in [0, 0.05) is 18.0 Å². The zero-order chi connectivity index (χ0) is 19.8. The molecule has 3 aromatic heterocycles. The maximum atomic E-state index is 13.1. The van der Waals surface area contributed by atoms with Crippen LogP contribution >= 0.6 is 23.1 Å². The highest BCUT2D eigenvalue weighted by atomic mass is 32.2. The molecule has 0 amide bonds. The Labute approximate surface area is 169 Å². The van der Waals surface area contributed by atoms with Crippen molar-refractivity contribution in [3.05, 3.63) is 62.9 Å². The van der Waals surface area contributed by atoms with E-state index in [-0.39, 0.29) is 11.3 Å². The zero-order valence-corrected chi connectivity index (χ0v) is 17.1. The Morgan fingerprint density at radius 2 is 1.96 bits per heavy atom. The molecule has 0 saturated heterocycles. The van der Waals surface area contributed by atoms with Gasteiger partial charge in [-0.05, 0) is 54.4 Å². The van der Waals surface area contributed by atoms with Gasteiger partial charge in [-0.1, -0.05) is 18.2 Å². The number of hydrogen-bond acceptors (Lipinski definition) is 7. The maximum absolute atomic E-state index is 13.1. The van der Waals surface area contributed by atoms with E-state index >= 15 is 0 Å². The summed E-state index contributed by atoms with van der Waals surface area (Å²) < 4.78 is 1.53.